The van der Waals surface area contributed by atoms with E-state index in [0.717, 1.165) is 23.4 Å². The smallest absolute Gasteiger partial charge is 0.362 e. The number of nitrogens with one attached hydrogen (secondary N) is 1. The van der Waals surface area contributed by atoms with E-state index >= 15 is 0 Å². The SMILES string of the molecule is CC[C@]1(c2cccc(C(F)(F)F)c2)C2=CN=NC2NC2=C1C(=O)N(C(C)C)CC2. The molecule has 0 saturated heterocycles. The van der Waals surface area contributed by atoms with Crippen LogP contribution in [0.4, 0.5) is 13.2 Å². The largest absolute Gasteiger partial charge is 0.416 e. The van der Waals surface area contributed by atoms with Crippen molar-refractivity contribution in [2.45, 2.75) is 57.4 Å². The molecule has 3 heterocycles. The van der Waals surface area contributed by atoms with Crippen molar-refractivity contribution in [2.75, 3.05) is 6.54 Å². The van der Waals surface area contributed by atoms with Crippen molar-refractivity contribution in [3.8, 4) is 0 Å². The van der Waals surface area contributed by atoms with E-state index in [1.807, 2.05) is 20.8 Å². The Morgan fingerprint density at radius 2 is 2.10 bits per heavy atom. The highest BCUT2D eigenvalue weighted by molar-refractivity contribution is 5.99. The number of alkyl halides is 3. The van der Waals surface area contributed by atoms with Gasteiger partial charge in [0.2, 0.25) is 0 Å². The number of azo groups is 1. The zero-order chi connectivity index (χ0) is 21.0. The minimum absolute atomic E-state index is 0.00253. The second-order valence-electron chi connectivity index (χ2n) is 7.90. The van der Waals surface area contributed by atoms with E-state index in [2.05, 4.69) is 15.5 Å². The van der Waals surface area contributed by atoms with Crippen molar-refractivity contribution in [3.63, 3.8) is 0 Å². The highest BCUT2D eigenvalue weighted by Crippen LogP contribution is 2.51. The van der Waals surface area contributed by atoms with Crippen LogP contribution in [-0.4, -0.2) is 29.6 Å². The van der Waals surface area contributed by atoms with Crippen molar-refractivity contribution in [1.82, 2.24) is 10.2 Å². The number of rotatable bonds is 3. The zero-order valence-corrected chi connectivity index (χ0v) is 16.5. The standard InChI is InChI=1S/C21H23F3N4O/c1-4-20(13-6-5-7-14(10-13)21(22,23)24)15-11-25-27-18(15)26-16-8-9-28(12(2)3)19(29)17(16)20/h5-7,10-12,18,26H,4,8-9H2,1-3H3/t18?,20-/m0/s1. The molecule has 1 N–H and O–H groups in total. The fourth-order valence-corrected chi connectivity index (χ4v) is 4.72. The van der Waals surface area contributed by atoms with Crippen LogP contribution in [0, 0.1) is 0 Å². The van der Waals surface area contributed by atoms with Gasteiger partial charge in [-0.3, -0.25) is 4.79 Å². The van der Waals surface area contributed by atoms with E-state index in [-0.39, 0.29) is 11.9 Å². The fraction of sp³-hybridized carbons (Fsp3) is 0.476. The van der Waals surface area contributed by atoms with Crippen molar-refractivity contribution in [2.24, 2.45) is 10.2 Å². The molecule has 0 radical (unpaired) electrons. The summed E-state index contributed by atoms with van der Waals surface area (Å²) in [5.74, 6) is -0.140. The van der Waals surface area contributed by atoms with Crippen LogP contribution in [0.1, 0.15) is 44.7 Å². The maximum atomic E-state index is 13.5. The Labute approximate surface area is 167 Å². The van der Waals surface area contributed by atoms with Crippen LogP contribution in [0.25, 0.3) is 0 Å². The zero-order valence-electron chi connectivity index (χ0n) is 16.5. The summed E-state index contributed by atoms with van der Waals surface area (Å²) >= 11 is 0. The number of carbonyl (C=O) groups excluding carboxylic acids is 1. The molecule has 1 amide bonds. The molecule has 0 bridgehead atoms. The van der Waals surface area contributed by atoms with Crippen molar-refractivity contribution in [3.05, 3.63) is 58.4 Å². The number of hydrogen-bond acceptors (Lipinski definition) is 4. The minimum Gasteiger partial charge on any atom is -0.362 e. The number of halogens is 3. The molecule has 4 rings (SSSR count). The number of carbonyl (C=O) groups is 1. The third-order valence-electron chi connectivity index (χ3n) is 6.12. The van der Waals surface area contributed by atoms with Gasteiger partial charge in [-0.2, -0.15) is 23.4 Å². The van der Waals surface area contributed by atoms with E-state index in [1.165, 1.54) is 6.07 Å². The Hall–Kier alpha value is -2.64. The van der Waals surface area contributed by atoms with Crippen LogP contribution in [0.15, 0.2) is 57.5 Å². The van der Waals surface area contributed by atoms with E-state index in [1.54, 1.807) is 17.2 Å². The van der Waals surface area contributed by atoms with Gasteiger partial charge in [-0.15, -0.1) is 0 Å². The van der Waals surface area contributed by atoms with E-state index < -0.39 is 23.3 Å². The Kier molecular flexibility index (Phi) is 4.55. The Morgan fingerprint density at radius 1 is 1.34 bits per heavy atom. The second-order valence-corrected chi connectivity index (χ2v) is 7.90. The third-order valence-corrected chi connectivity index (χ3v) is 6.12. The van der Waals surface area contributed by atoms with Gasteiger partial charge in [0.1, 0.15) is 0 Å². The molecule has 0 fully saturated rings. The molecular weight excluding hydrogens is 381 g/mol. The molecule has 29 heavy (non-hydrogen) atoms. The first-order valence-corrected chi connectivity index (χ1v) is 9.79. The molecule has 154 valence electrons. The summed E-state index contributed by atoms with van der Waals surface area (Å²) in [5.41, 5.74) is 0.726. The lowest BCUT2D eigenvalue weighted by atomic mass is 9.62. The van der Waals surface area contributed by atoms with E-state index in [9.17, 15) is 18.0 Å². The van der Waals surface area contributed by atoms with Gasteiger partial charge in [-0.05, 0) is 31.9 Å². The van der Waals surface area contributed by atoms with Gasteiger partial charge < -0.3 is 10.2 Å². The van der Waals surface area contributed by atoms with E-state index in [0.29, 0.717) is 30.5 Å². The molecule has 1 aromatic carbocycles. The number of nitrogens with zero attached hydrogens (tertiary/aromatic N) is 3. The van der Waals surface area contributed by atoms with Crippen molar-refractivity contribution >= 4 is 5.91 Å². The van der Waals surface area contributed by atoms with Crippen LogP contribution in [0.3, 0.4) is 0 Å². The number of benzene rings is 1. The molecule has 5 nitrogen and oxygen atoms in total. The lowest BCUT2D eigenvalue weighted by Gasteiger charge is -2.48. The van der Waals surface area contributed by atoms with Gasteiger partial charge in [0.05, 0.1) is 22.8 Å². The van der Waals surface area contributed by atoms with Gasteiger partial charge in [-0.1, -0.05) is 25.1 Å². The lowest BCUT2D eigenvalue weighted by Crippen LogP contribution is -2.55. The molecule has 2 atom stereocenters. The van der Waals surface area contributed by atoms with Gasteiger partial charge in [-0.25, -0.2) is 0 Å². The third kappa shape index (κ3) is 2.88. The predicted molar refractivity (Wildman–Crippen MR) is 102 cm³/mol. The Bertz CT molecular complexity index is 947. The van der Waals surface area contributed by atoms with Crippen LogP contribution in [0.2, 0.25) is 0 Å². The summed E-state index contributed by atoms with van der Waals surface area (Å²) in [6.07, 6.45) is -2.29. The highest BCUT2D eigenvalue weighted by Gasteiger charge is 2.53. The van der Waals surface area contributed by atoms with Crippen molar-refractivity contribution < 1.29 is 18.0 Å². The van der Waals surface area contributed by atoms with Crippen LogP contribution >= 0.6 is 0 Å². The average Bonchev–Trinajstić information content (AvgIpc) is 3.14. The summed E-state index contributed by atoms with van der Waals surface area (Å²) in [5, 5.41) is 11.5. The maximum Gasteiger partial charge on any atom is 0.416 e. The second kappa shape index (κ2) is 6.71. The molecule has 0 aliphatic carbocycles. The average molecular weight is 404 g/mol. The van der Waals surface area contributed by atoms with Gasteiger partial charge in [0, 0.05) is 30.3 Å². The first-order chi connectivity index (χ1) is 13.7. The summed E-state index contributed by atoms with van der Waals surface area (Å²) in [6.45, 7) is 6.35. The van der Waals surface area contributed by atoms with Crippen LogP contribution < -0.4 is 5.32 Å². The van der Waals surface area contributed by atoms with Crippen LogP contribution in [0.5, 0.6) is 0 Å². The highest BCUT2D eigenvalue weighted by atomic mass is 19.4. The lowest BCUT2D eigenvalue weighted by molar-refractivity contribution is -0.137. The molecule has 1 unspecified atom stereocenters. The summed E-state index contributed by atoms with van der Waals surface area (Å²) in [7, 11) is 0. The molecule has 8 heteroatoms. The number of amides is 1. The predicted octanol–water partition coefficient (Wildman–Crippen LogP) is 4.53. The van der Waals surface area contributed by atoms with Gasteiger partial charge >= 0.3 is 6.18 Å². The molecule has 0 saturated carbocycles. The normalized spacial score (nSPS) is 26.4. The summed E-state index contributed by atoms with van der Waals surface area (Å²) in [4.78, 5) is 15.3. The Morgan fingerprint density at radius 3 is 2.76 bits per heavy atom. The van der Waals surface area contributed by atoms with Crippen molar-refractivity contribution in [1.29, 1.82) is 0 Å². The molecule has 0 aromatic heterocycles. The topological polar surface area (TPSA) is 57.1 Å². The Balaban J connectivity index is 1.97. The van der Waals surface area contributed by atoms with E-state index in [4.69, 9.17) is 0 Å². The van der Waals surface area contributed by atoms with Gasteiger partial charge in [0.15, 0.2) is 6.17 Å². The molecule has 3 aliphatic heterocycles. The van der Waals surface area contributed by atoms with Gasteiger partial charge in [0.25, 0.3) is 5.91 Å². The summed E-state index contributed by atoms with van der Waals surface area (Å²) < 4.78 is 40.4. The first kappa shape index (κ1) is 19.7. The maximum absolute atomic E-state index is 13.5. The monoisotopic (exact) mass is 404 g/mol. The van der Waals surface area contributed by atoms with Crippen LogP contribution in [-0.2, 0) is 16.4 Å². The molecular formula is C21H23F3N4O. The fourth-order valence-electron chi connectivity index (χ4n) is 4.72. The number of fused-ring (bicyclic) bond motifs is 1. The first-order valence-electron chi connectivity index (χ1n) is 9.79. The molecule has 1 aromatic rings. The summed E-state index contributed by atoms with van der Waals surface area (Å²) in [6, 6.07) is 5.30. The quantitative estimate of drug-likeness (QED) is 0.805. The molecule has 3 aliphatic rings. The number of hydrogen-bond donors (Lipinski definition) is 1. The minimum atomic E-state index is -4.46. The molecule has 0 spiro atoms.